The number of hydrogen-bond acceptors (Lipinski definition) is 6. The second-order valence-electron chi connectivity index (χ2n) is 9.50. The van der Waals surface area contributed by atoms with E-state index in [0.717, 1.165) is 59.7 Å². The van der Waals surface area contributed by atoms with E-state index in [2.05, 4.69) is 102 Å². The molecule has 1 unspecified atom stereocenters. The lowest BCUT2D eigenvalue weighted by molar-refractivity contribution is 0.577. The highest BCUT2D eigenvalue weighted by atomic mass is 32.1. The van der Waals surface area contributed by atoms with E-state index < -0.39 is 0 Å². The smallest absolute Gasteiger partial charge is 0.0690 e. The minimum atomic E-state index is 0.0262. The van der Waals surface area contributed by atoms with E-state index in [4.69, 9.17) is 5.73 Å². The average molecular weight is 536 g/mol. The molecule has 0 bridgehead atoms. The Kier molecular flexibility index (Phi) is 9.59. The van der Waals surface area contributed by atoms with Crippen molar-refractivity contribution in [2.45, 2.75) is 32.2 Å². The van der Waals surface area contributed by atoms with Crippen LogP contribution in [-0.2, 0) is 12.8 Å². The van der Waals surface area contributed by atoms with Crippen LogP contribution in [0, 0.1) is 0 Å². The molecule has 0 saturated carbocycles. The van der Waals surface area contributed by atoms with Gasteiger partial charge in [-0.15, -0.1) is 11.3 Å². The molecule has 5 nitrogen and oxygen atoms in total. The molecule has 0 amide bonds. The molecule has 6 heteroatoms. The number of nitrogens with one attached hydrogen (secondary N) is 3. The minimum absolute atomic E-state index is 0.0262. The van der Waals surface area contributed by atoms with Crippen molar-refractivity contribution in [2.24, 2.45) is 0 Å². The highest BCUT2D eigenvalue weighted by Crippen LogP contribution is 2.31. The number of likely N-dealkylation sites (N-methyl/N-ethyl adjacent to an activating group) is 1. The fraction of sp³-hybridized carbons (Fsp3) is 0.182. The first-order chi connectivity index (χ1) is 18.9. The quantitative estimate of drug-likeness (QED) is 0.128. The molecule has 0 spiro atoms. The van der Waals surface area contributed by atoms with Crippen LogP contribution in [0.1, 0.15) is 30.0 Å². The summed E-state index contributed by atoms with van der Waals surface area (Å²) in [6.07, 6.45) is 6.21. The van der Waals surface area contributed by atoms with Crippen molar-refractivity contribution < 1.29 is 0 Å². The summed E-state index contributed by atoms with van der Waals surface area (Å²) >= 11 is 1.71. The van der Waals surface area contributed by atoms with E-state index in [9.17, 15) is 0 Å². The third-order valence-electron chi connectivity index (χ3n) is 6.53. The maximum atomic E-state index is 6.26. The Balaban J connectivity index is 1.39. The minimum Gasteiger partial charge on any atom is -0.397 e. The standard InChI is InChI=1S/C33H37N5S/c1-5-36-25(4)31(37-23(2)10-11-27-8-6-18-35-22-27)20-26-12-14-28(15-13-26)24(3)38-32-21-29(16-17-30(32)34)33-9-7-19-39-33/h6-9,12-19,21-22,31,36-38H,2-5,10-11,20,34H2,1H3. The number of nitrogens with zero attached hydrogens (tertiary/aromatic N) is 1. The Labute approximate surface area is 236 Å². The van der Waals surface area contributed by atoms with Crippen LogP contribution in [0.25, 0.3) is 16.1 Å². The van der Waals surface area contributed by atoms with Crippen molar-refractivity contribution in [2.75, 3.05) is 17.6 Å². The van der Waals surface area contributed by atoms with Crippen molar-refractivity contribution in [1.82, 2.24) is 15.6 Å². The van der Waals surface area contributed by atoms with Crippen LogP contribution in [0.15, 0.2) is 116 Å². The van der Waals surface area contributed by atoms with Crippen LogP contribution in [0.2, 0.25) is 0 Å². The Bertz CT molecular complexity index is 1390. The predicted molar refractivity (Wildman–Crippen MR) is 168 cm³/mol. The van der Waals surface area contributed by atoms with Crippen LogP contribution < -0.4 is 21.7 Å². The highest BCUT2D eigenvalue weighted by molar-refractivity contribution is 7.13. The summed E-state index contributed by atoms with van der Waals surface area (Å²) in [4.78, 5) is 5.41. The normalized spacial score (nSPS) is 11.4. The SMILES string of the molecule is C=C(CCc1cccnc1)NC(Cc1ccc(C(=C)Nc2cc(-c3cccs3)ccc2N)cc1)C(=C)NCC. The molecule has 0 fully saturated rings. The number of allylic oxidation sites excluding steroid dienone is 1. The van der Waals surface area contributed by atoms with Crippen LogP contribution in [0.4, 0.5) is 11.4 Å². The molecule has 0 aliphatic heterocycles. The van der Waals surface area contributed by atoms with Gasteiger partial charge in [-0.3, -0.25) is 4.98 Å². The lowest BCUT2D eigenvalue weighted by Gasteiger charge is -2.24. The number of hydrogen-bond donors (Lipinski definition) is 4. The van der Waals surface area contributed by atoms with Gasteiger partial charge in [-0.2, -0.15) is 0 Å². The summed E-state index contributed by atoms with van der Waals surface area (Å²) < 4.78 is 0. The van der Waals surface area contributed by atoms with Crippen LogP contribution >= 0.6 is 11.3 Å². The number of nitrogen functional groups attached to an aromatic ring is 1. The molecule has 200 valence electrons. The Morgan fingerprint density at radius 2 is 1.82 bits per heavy atom. The van der Waals surface area contributed by atoms with Crippen molar-refractivity contribution >= 4 is 28.4 Å². The molecule has 0 aliphatic carbocycles. The molecule has 1 atom stereocenters. The maximum Gasteiger partial charge on any atom is 0.0690 e. The number of rotatable bonds is 14. The monoisotopic (exact) mass is 535 g/mol. The number of benzene rings is 2. The topological polar surface area (TPSA) is 75.0 Å². The third kappa shape index (κ3) is 7.85. The predicted octanol–water partition coefficient (Wildman–Crippen LogP) is 7.25. The van der Waals surface area contributed by atoms with Gasteiger partial charge in [-0.25, -0.2) is 0 Å². The first-order valence-electron chi connectivity index (χ1n) is 13.2. The average Bonchev–Trinajstić information content (AvgIpc) is 3.49. The van der Waals surface area contributed by atoms with E-state index in [-0.39, 0.29) is 6.04 Å². The fourth-order valence-corrected chi connectivity index (χ4v) is 5.07. The number of pyridine rings is 1. The second kappa shape index (κ2) is 13.5. The van der Waals surface area contributed by atoms with Crippen LogP contribution in [-0.4, -0.2) is 17.6 Å². The first-order valence-corrected chi connectivity index (χ1v) is 14.1. The molecule has 0 saturated heterocycles. The maximum absolute atomic E-state index is 6.26. The Morgan fingerprint density at radius 1 is 1.00 bits per heavy atom. The van der Waals surface area contributed by atoms with Crippen LogP contribution in [0.3, 0.4) is 0 Å². The van der Waals surface area contributed by atoms with Gasteiger partial charge in [-0.1, -0.05) is 62.2 Å². The fourth-order valence-electron chi connectivity index (χ4n) is 4.34. The summed E-state index contributed by atoms with van der Waals surface area (Å²) in [5, 5.41) is 12.5. The number of anilines is 2. The van der Waals surface area contributed by atoms with Gasteiger partial charge in [0.2, 0.25) is 0 Å². The lowest BCUT2D eigenvalue weighted by atomic mass is 10.0. The molecule has 4 rings (SSSR count). The van der Waals surface area contributed by atoms with Crippen molar-refractivity contribution in [1.29, 1.82) is 0 Å². The van der Waals surface area contributed by atoms with Crippen LogP contribution in [0.5, 0.6) is 0 Å². The van der Waals surface area contributed by atoms with Gasteiger partial charge >= 0.3 is 0 Å². The van der Waals surface area contributed by atoms with Crippen molar-refractivity contribution in [3.63, 3.8) is 0 Å². The molecular formula is C33H37N5S. The zero-order valence-corrected chi connectivity index (χ0v) is 23.4. The van der Waals surface area contributed by atoms with Gasteiger partial charge in [0.05, 0.1) is 17.4 Å². The van der Waals surface area contributed by atoms with E-state index >= 15 is 0 Å². The zero-order valence-electron chi connectivity index (χ0n) is 22.5. The van der Waals surface area contributed by atoms with Gasteiger partial charge < -0.3 is 21.7 Å². The molecule has 2 aromatic carbocycles. The molecule has 2 aromatic heterocycles. The van der Waals surface area contributed by atoms with Gasteiger partial charge in [0, 0.05) is 40.9 Å². The number of nitrogens with two attached hydrogens (primary N) is 1. The van der Waals surface area contributed by atoms with Gasteiger partial charge in [0.15, 0.2) is 0 Å². The van der Waals surface area contributed by atoms with Crippen molar-refractivity contribution in [3.8, 4) is 10.4 Å². The van der Waals surface area contributed by atoms with E-state index in [1.165, 1.54) is 16.0 Å². The Hall–Kier alpha value is -4.29. The zero-order chi connectivity index (χ0) is 27.6. The number of thiophene rings is 1. The molecule has 2 heterocycles. The highest BCUT2D eigenvalue weighted by Gasteiger charge is 2.15. The first kappa shape index (κ1) is 27.7. The molecule has 39 heavy (non-hydrogen) atoms. The largest absolute Gasteiger partial charge is 0.397 e. The number of aromatic nitrogens is 1. The van der Waals surface area contributed by atoms with Gasteiger partial charge in [0.1, 0.15) is 0 Å². The number of aryl methyl sites for hydroxylation is 1. The summed E-state index contributed by atoms with van der Waals surface area (Å²) in [7, 11) is 0. The summed E-state index contributed by atoms with van der Waals surface area (Å²) in [5.41, 5.74) is 15.1. The van der Waals surface area contributed by atoms with E-state index in [0.29, 0.717) is 5.69 Å². The van der Waals surface area contributed by atoms with Gasteiger partial charge in [-0.05, 0) is 78.1 Å². The molecule has 0 radical (unpaired) electrons. The van der Waals surface area contributed by atoms with Crippen molar-refractivity contribution in [3.05, 3.63) is 132 Å². The summed E-state index contributed by atoms with van der Waals surface area (Å²) in [6, 6.07) is 22.8. The third-order valence-corrected chi connectivity index (χ3v) is 7.45. The molecular weight excluding hydrogens is 498 g/mol. The molecule has 4 aromatic rings. The molecule has 0 aliphatic rings. The second-order valence-corrected chi connectivity index (χ2v) is 10.4. The summed E-state index contributed by atoms with van der Waals surface area (Å²) in [5.74, 6) is 0. The Morgan fingerprint density at radius 3 is 2.51 bits per heavy atom. The van der Waals surface area contributed by atoms with E-state index in [1.807, 2.05) is 24.4 Å². The summed E-state index contributed by atoms with van der Waals surface area (Å²) in [6.45, 7) is 15.7. The lowest BCUT2D eigenvalue weighted by Crippen LogP contribution is -2.37. The van der Waals surface area contributed by atoms with Gasteiger partial charge in [0.25, 0.3) is 0 Å². The molecule has 5 N–H and O–H groups in total. The van der Waals surface area contributed by atoms with E-state index in [1.54, 1.807) is 17.5 Å².